The van der Waals surface area contributed by atoms with Gasteiger partial charge in [0.15, 0.2) is 0 Å². The first-order valence-electron chi connectivity index (χ1n) is 18.1. The van der Waals surface area contributed by atoms with Crippen LogP contribution in [0.15, 0.2) is 121 Å². The van der Waals surface area contributed by atoms with E-state index in [1.165, 1.54) is 58.8 Å². The van der Waals surface area contributed by atoms with Crippen LogP contribution in [-0.2, 0) is 117 Å². The summed E-state index contributed by atoms with van der Waals surface area (Å²) in [4.78, 5) is 0. The molecule has 0 nitrogen and oxygen atoms in total. The number of hydrogen-bond acceptors (Lipinski definition) is 0. The second kappa shape index (κ2) is 51.0. The van der Waals surface area contributed by atoms with E-state index in [-0.39, 0.29) is 123 Å². The minimum Gasteiger partial charge on any atom is -2.00 e. The maximum atomic E-state index is 4.76. The number of hydrogen-bond donors (Lipinski definition) is 0. The number of benzene rings is 4. The summed E-state index contributed by atoms with van der Waals surface area (Å²) in [6.07, 6.45) is 7.67. The summed E-state index contributed by atoms with van der Waals surface area (Å²) in [5, 5.41) is 0.194. The summed E-state index contributed by atoms with van der Waals surface area (Å²) in [5.41, 5.74) is 5.36. The number of halogens is 2. The Hall–Kier alpha value is 3.57. The quantitative estimate of drug-likeness (QED) is 0.0711. The summed E-state index contributed by atoms with van der Waals surface area (Å²) < 4.78 is 0. The van der Waals surface area contributed by atoms with Crippen molar-refractivity contribution >= 4 is 153 Å². The smallest absolute Gasteiger partial charge is 2.00 e. The van der Waals surface area contributed by atoms with E-state index >= 15 is 0 Å². The molecule has 0 spiro atoms. The molecule has 0 bridgehead atoms. The Morgan fingerprint density at radius 3 is 0.525 bits per heavy atom. The van der Waals surface area contributed by atoms with E-state index in [4.69, 9.17) is 23.2 Å². The summed E-state index contributed by atoms with van der Waals surface area (Å²) in [7, 11) is 2.30. The minimum atomic E-state index is -1.22. The van der Waals surface area contributed by atoms with E-state index < -0.39 is 6.15 Å². The maximum absolute atomic E-state index is 4.76. The molecule has 331 valence electrons. The van der Waals surface area contributed by atoms with E-state index in [1.807, 2.05) is 0 Å². The van der Waals surface area contributed by atoms with Gasteiger partial charge in [0.1, 0.15) is 6.15 Å². The largest absolute Gasteiger partial charge is 3.00 e. The Kier molecular flexibility index (Phi) is 68.8. The fraction of sp³-hybridized carbons (Fsp3) is 0.442. The predicted molar refractivity (Wildman–Crippen MR) is 298 cm³/mol. The zero-order valence-corrected chi connectivity index (χ0v) is 53.5. The van der Waals surface area contributed by atoms with Gasteiger partial charge in [-0.1, -0.05) is 121 Å². The second-order valence-corrected chi connectivity index (χ2v) is 30.9. The normalized spacial score (nSPS) is 9.63. The van der Waals surface area contributed by atoms with Crippen molar-refractivity contribution in [2.45, 2.75) is 0 Å². The van der Waals surface area contributed by atoms with Crippen LogP contribution in [0.2, 0.25) is 0 Å². The third-order valence-electron chi connectivity index (χ3n) is 8.18. The van der Waals surface area contributed by atoms with Gasteiger partial charge in [-0.25, -0.2) is 0 Å². The molecule has 59 heavy (non-hydrogen) atoms. The van der Waals surface area contributed by atoms with Gasteiger partial charge in [-0.3, -0.25) is 0 Å². The number of alkyl halides is 2. The van der Waals surface area contributed by atoms with Gasteiger partial charge in [0.2, 0.25) is 0 Å². The molecule has 4 aromatic rings. The average Bonchev–Trinajstić information content (AvgIpc) is 3.12. The molecule has 0 atom stereocenters. The summed E-state index contributed by atoms with van der Waals surface area (Å²) in [6.45, 7) is 28.3. The summed E-state index contributed by atoms with van der Waals surface area (Å²) >= 11 is 9.53. The Balaban J connectivity index is -0.000000108. The second-order valence-electron chi connectivity index (χ2n) is 14.4. The maximum Gasteiger partial charge on any atom is 3.00 e. The van der Waals surface area contributed by atoms with Gasteiger partial charge in [0.05, 0.1) is 5.34 Å². The van der Waals surface area contributed by atoms with Gasteiger partial charge in [0, 0.05) is 0 Å². The van der Waals surface area contributed by atoms with Crippen molar-refractivity contribution in [3.8, 4) is 0 Å². The third kappa shape index (κ3) is 39.3. The predicted octanol–water partition coefficient (Wildman–Crippen LogP) is 11.9. The molecule has 0 fully saturated rings. The van der Waals surface area contributed by atoms with Crippen molar-refractivity contribution in [3.63, 3.8) is 0 Å². The monoisotopic (exact) mass is 1270 g/mol. The summed E-state index contributed by atoms with van der Waals surface area (Å²) in [6, 6.07) is 43.5. The van der Waals surface area contributed by atoms with Gasteiger partial charge >= 0.3 is 63.2 Å². The molecule has 4 aromatic carbocycles. The van der Waals surface area contributed by atoms with Crippen LogP contribution in [0.1, 0.15) is 0 Å². The molecular weight excluding hydrogens is 1200 g/mol. The SMILES string of the molecule is CP(C)CCP(C)C.CP(C)CCP(C)C.CP(C)CCP(C)C.ClCCl.[Mo+3].[Mo+3].[Mo+3].[S-2].[S-2].[S-2].[S-2].c1ccc([B-](c2ccccc2)(c2ccccc2)c2ccccc2)cc1. The van der Waals surface area contributed by atoms with Gasteiger partial charge in [-0.15, -0.1) is 70.7 Å². The molecule has 0 saturated heterocycles. The van der Waals surface area contributed by atoms with Gasteiger partial charge < -0.3 is 54.0 Å². The molecule has 0 aliphatic carbocycles. The van der Waals surface area contributed by atoms with E-state index in [2.05, 4.69) is 201 Å². The van der Waals surface area contributed by atoms with Crippen LogP contribution in [0.5, 0.6) is 0 Å². The molecule has 16 heteroatoms. The van der Waals surface area contributed by atoms with Crippen LogP contribution >= 0.6 is 70.7 Å². The van der Waals surface area contributed by atoms with E-state index in [9.17, 15) is 0 Å². The van der Waals surface area contributed by atoms with E-state index in [0.717, 1.165) is 0 Å². The first kappa shape index (κ1) is 79.7. The van der Waals surface area contributed by atoms with Crippen molar-refractivity contribution in [1.29, 1.82) is 0 Å². The third-order valence-corrected chi connectivity index (χ3v) is 15.9. The van der Waals surface area contributed by atoms with Crippen LogP contribution in [0.4, 0.5) is 0 Å². The van der Waals surface area contributed by atoms with Gasteiger partial charge in [-0.2, -0.15) is 21.9 Å². The van der Waals surface area contributed by atoms with Crippen molar-refractivity contribution in [2.75, 3.05) is 122 Å². The molecule has 0 saturated carbocycles. The van der Waals surface area contributed by atoms with E-state index in [0.29, 0.717) is 47.5 Å². The molecule has 0 heterocycles. The van der Waals surface area contributed by atoms with Crippen molar-refractivity contribution in [3.05, 3.63) is 121 Å². The zero-order valence-electron chi connectivity index (χ0n) is 37.4. The Bertz CT molecular complexity index is 1160. The van der Waals surface area contributed by atoms with Gasteiger partial charge in [-0.05, 0) is 117 Å². The van der Waals surface area contributed by atoms with Crippen LogP contribution in [0.25, 0.3) is 0 Å². The molecule has 4 rings (SSSR count). The molecule has 0 amide bonds. The zero-order chi connectivity index (χ0) is 39.4. The topological polar surface area (TPSA) is 0 Å². The van der Waals surface area contributed by atoms with Gasteiger partial charge in [0.25, 0.3) is 0 Å². The first-order chi connectivity index (χ1) is 24.7. The van der Waals surface area contributed by atoms with Crippen LogP contribution in [-0.4, -0.2) is 128 Å². The van der Waals surface area contributed by atoms with Crippen molar-refractivity contribution in [1.82, 2.24) is 0 Å². The number of rotatable bonds is 13. The Labute approximate surface area is 454 Å². The fourth-order valence-corrected chi connectivity index (χ4v) is 14.9. The Morgan fingerprint density at radius 2 is 0.424 bits per heavy atom. The van der Waals surface area contributed by atoms with Crippen molar-refractivity contribution in [2.24, 2.45) is 0 Å². The molecule has 0 aliphatic heterocycles. The van der Waals surface area contributed by atoms with E-state index in [1.54, 1.807) is 0 Å². The van der Waals surface area contributed by atoms with Crippen LogP contribution in [0, 0.1) is 0 Å². The van der Waals surface area contributed by atoms with Crippen LogP contribution < -0.4 is 21.9 Å². The fourth-order valence-electron chi connectivity index (χ4n) is 5.32. The Morgan fingerprint density at radius 1 is 0.305 bits per heavy atom. The molecule has 3 radical (unpaired) electrons. The van der Waals surface area contributed by atoms with Crippen LogP contribution in [0.3, 0.4) is 0 Å². The molecule has 0 aromatic heterocycles. The minimum absolute atomic E-state index is 0. The average molecular weight is 1270 g/mol. The first-order valence-corrected chi connectivity index (χ1v) is 33.7. The molecule has 0 unspecified atom stereocenters. The molecule has 0 N–H and O–H groups in total. The molecular formula is C43H70BCl2Mo3P6S4. The standard InChI is InChI=1S/C24H20B.3C6H16P2.CH2Cl2.3Mo.4S/c1-5-13-21(14-6-1)25(22-15-7-2-8-16-22,23-17-9-3-10-18-23)24-19-11-4-12-20-24;3*1-7(2)5-6-8(3)4;2-1-3;;;;;;;/h1-20H;3*5-6H2,1-4H3;1H2;;;;;;;/q-1;;;;;3*+3;4*-2. The molecule has 0 aliphatic rings. The summed E-state index contributed by atoms with van der Waals surface area (Å²) in [5.74, 6) is 0. The van der Waals surface area contributed by atoms with Crippen molar-refractivity contribution < 1.29 is 63.2 Å².